The predicted molar refractivity (Wildman–Crippen MR) is 285 cm³/mol. The summed E-state index contributed by atoms with van der Waals surface area (Å²) in [5.74, 6) is -4.27. The minimum absolute atomic E-state index is 0.00616. The number of fused-ring (bicyclic) bond motifs is 7. The van der Waals surface area contributed by atoms with Crippen LogP contribution in [0.2, 0.25) is 0 Å². The normalized spacial score (nSPS) is 29.2. The van der Waals surface area contributed by atoms with Gasteiger partial charge in [0.25, 0.3) is 0 Å². The molecule has 4 aliphatic carbocycles. The highest BCUT2D eigenvalue weighted by molar-refractivity contribution is 6.01. The van der Waals surface area contributed by atoms with Gasteiger partial charge in [-0.2, -0.15) is 0 Å². The molecule has 23 heteroatoms. The molecule has 1 aliphatic heterocycles. The monoisotopic (exact) mass is 1130 g/mol. The number of carbonyl (C=O) groups excluding carboxylic acids is 8. The first kappa shape index (κ1) is 63.7. The molecule has 16 atom stereocenters. The number of aliphatic hydroxyl groups excluding tert-OH is 6. The summed E-state index contributed by atoms with van der Waals surface area (Å²) in [6.07, 6.45) is -2.24. The first-order valence-corrected chi connectivity index (χ1v) is 27.9. The van der Waals surface area contributed by atoms with Gasteiger partial charge in [-0.1, -0.05) is 77.0 Å². The Balaban J connectivity index is 1.01. The smallest absolute Gasteiger partial charge is 0.429 e. The third-order valence-corrected chi connectivity index (χ3v) is 17.5. The Hall–Kier alpha value is -5.50. The van der Waals surface area contributed by atoms with Gasteiger partial charge in [0.05, 0.1) is 37.0 Å². The predicted octanol–water partition coefficient (Wildman–Crippen LogP) is 1.01. The molecule has 6 rings (SSSR count). The maximum absolute atomic E-state index is 14.6. The largest absolute Gasteiger partial charge is 0.509 e. The zero-order valence-electron chi connectivity index (χ0n) is 46.4. The first-order valence-electron chi connectivity index (χ1n) is 27.9. The summed E-state index contributed by atoms with van der Waals surface area (Å²) in [7, 11) is 0. The van der Waals surface area contributed by atoms with Crippen LogP contribution in [0.25, 0.3) is 0 Å². The van der Waals surface area contributed by atoms with Gasteiger partial charge in [0.1, 0.15) is 30.7 Å². The lowest BCUT2D eigenvalue weighted by Gasteiger charge is -2.59. The Kier molecular flexibility index (Phi) is 21.9. The lowest BCUT2D eigenvalue weighted by atomic mass is 9.46. The van der Waals surface area contributed by atoms with Gasteiger partial charge in [0, 0.05) is 55.0 Å². The van der Waals surface area contributed by atoms with Crippen LogP contribution in [0.1, 0.15) is 116 Å². The molecule has 13 N–H and O–H groups in total. The van der Waals surface area contributed by atoms with Gasteiger partial charge < -0.3 is 77.0 Å². The van der Waals surface area contributed by atoms with Gasteiger partial charge in [0.15, 0.2) is 30.1 Å². The zero-order valence-corrected chi connectivity index (χ0v) is 46.4. The SMILES string of the molecule is CCCC1O[C@@H]2C[C@H]3[C@@H]4CCC5=CC(=O)C=C[C@]5(C)[C@H]4[C@@H](O)C[C@]3(C)[C@]2(C(=O)COC(=O)OCc2ccc(CC(=O)[C@H](CCCNC(N)=O)NC(=O)[C@@H](CC(=O)[C@H](N)CCC(=O)NC[C@H](O)[C@@H](O)[C@H](O)[C@H](O)CO)C(C)C)cc2)O1. The fraction of sp³-hybridized carbons (Fsp3) is 0.684. The Morgan fingerprint density at radius 3 is 2.27 bits per heavy atom. The number of aliphatic hydroxyl groups is 6. The molecule has 1 unspecified atom stereocenters. The number of rotatable bonds is 29. The summed E-state index contributed by atoms with van der Waals surface area (Å²) in [5, 5.41) is 67.9. The van der Waals surface area contributed by atoms with E-state index >= 15 is 0 Å². The minimum atomic E-state index is -1.88. The average molecular weight is 1130 g/mol. The average Bonchev–Trinajstić information content (AvgIpc) is 2.81. The molecule has 0 spiro atoms. The molecule has 0 radical (unpaired) electrons. The Bertz CT molecular complexity index is 2470. The van der Waals surface area contributed by atoms with E-state index in [1.54, 1.807) is 50.3 Å². The Morgan fingerprint density at radius 2 is 1.61 bits per heavy atom. The maximum atomic E-state index is 14.6. The molecule has 80 heavy (non-hydrogen) atoms. The third kappa shape index (κ3) is 14.4. The van der Waals surface area contributed by atoms with Crippen molar-refractivity contribution in [3.05, 3.63) is 59.2 Å². The van der Waals surface area contributed by atoms with Crippen LogP contribution in [0.3, 0.4) is 0 Å². The maximum Gasteiger partial charge on any atom is 0.509 e. The fourth-order valence-electron chi connectivity index (χ4n) is 13.0. The zero-order chi connectivity index (χ0) is 58.9. The quantitative estimate of drug-likeness (QED) is 0.0394. The highest BCUT2D eigenvalue weighted by Gasteiger charge is 2.76. The van der Waals surface area contributed by atoms with E-state index in [0.29, 0.717) is 30.4 Å². The van der Waals surface area contributed by atoms with E-state index in [4.69, 9.17) is 35.5 Å². The third-order valence-electron chi connectivity index (χ3n) is 17.5. The molecule has 1 heterocycles. The Morgan fingerprint density at radius 1 is 0.925 bits per heavy atom. The van der Waals surface area contributed by atoms with Gasteiger partial charge in [-0.25, -0.2) is 9.59 Å². The van der Waals surface area contributed by atoms with Crippen molar-refractivity contribution in [3.8, 4) is 0 Å². The van der Waals surface area contributed by atoms with Crippen molar-refractivity contribution in [2.45, 2.75) is 179 Å². The molecule has 5 aliphatic rings. The van der Waals surface area contributed by atoms with Crippen molar-refractivity contribution in [1.29, 1.82) is 0 Å². The van der Waals surface area contributed by atoms with E-state index in [2.05, 4.69) is 22.9 Å². The van der Waals surface area contributed by atoms with E-state index < -0.39 is 139 Å². The number of Topliss-reactive ketones (excluding diaryl/α,β-unsaturated/α-hetero) is 3. The van der Waals surface area contributed by atoms with Gasteiger partial charge in [0.2, 0.25) is 17.6 Å². The van der Waals surface area contributed by atoms with Crippen LogP contribution < -0.4 is 27.4 Å². The van der Waals surface area contributed by atoms with Gasteiger partial charge >= 0.3 is 12.2 Å². The minimum Gasteiger partial charge on any atom is -0.429 e. The molecule has 1 saturated heterocycles. The second kappa shape index (κ2) is 27.5. The molecule has 3 saturated carbocycles. The lowest BCUT2D eigenvalue weighted by molar-refractivity contribution is -0.200. The molecule has 23 nitrogen and oxygen atoms in total. The number of ketones is 4. The number of amides is 4. The molecular weight excluding hydrogens is 1040 g/mol. The van der Waals surface area contributed by atoms with Crippen molar-refractivity contribution in [2.24, 2.45) is 51.9 Å². The summed E-state index contributed by atoms with van der Waals surface area (Å²) < 4.78 is 24.0. The lowest BCUT2D eigenvalue weighted by Crippen LogP contribution is -2.63. The second-order valence-electron chi connectivity index (χ2n) is 23.1. The number of nitrogens with two attached hydrogens (primary N) is 2. The van der Waals surface area contributed by atoms with Gasteiger partial charge in [-0.3, -0.25) is 28.8 Å². The number of nitrogens with one attached hydrogen (secondary N) is 3. The van der Waals surface area contributed by atoms with E-state index in [1.165, 1.54) is 0 Å². The van der Waals surface area contributed by atoms with Crippen molar-refractivity contribution < 1.29 is 87.9 Å². The summed E-state index contributed by atoms with van der Waals surface area (Å²) in [4.78, 5) is 105. The molecule has 1 aromatic rings. The number of ether oxygens (including phenoxy) is 4. The number of allylic oxidation sites excluding steroid dienone is 4. The van der Waals surface area contributed by atoms with Crippen molar-refractivity contribution >= 4 is 47.1 Å². The highest BCUT2D eigenvalue weighted by atomic mass is 16.8. The van der Waals surface area contributed by atoms with Gasteiger partial charge in [-0.15, -0.1) is 0 Å². The number of hydrogen-bond donors (Lipinski definition) is 11. The van der Waals surface area contributed by atoms with Crippen LogP contribution in [0.4, 0.5) is 9.59 Å². The van der Waals surface area contributed by atoms with E-state index in [0.717, 1.165) is 18.4 Å². The number of hydrogen-bond acceptors (Lipinski definition) is 19. The summed E-state index contributed by atoms with van der Waals surface area (Å²) in [5.41, 5.74) is 10.6. The fourth-order valence-corrected chi connectivity index (χ4v) is 13.0. The van der Waals surface area contributed by atoms with Crippen LogP contribution in [0, 0.1) is 40.4 Å². The Labute approximate surface area is 465 Å². The van der Waals surface area contributed by atoms with Crippen LogP contribution in [-0.2, 0) is 60.7 Å². The number of benzene rings is 1. The van der Waals surface area contributed by atoms with Gasteiger partial charge in [-0.05, 0) is 92.4 Å². The molecule has 0 aromatic heterocycles. The summed E-state index contributed by atoms with van der Waals surface area (Å²) in [6, 6.07) is 3.57. The van der Waals surface area contributed by atoms with Crippen LogP contribution in [0.5, 0.6) is 0 Å². The van der Waals surface area contributed by atoms with Crippen LogP contribution in [0.15, 0.2) is 48.1 Å². The molecular formula is C57H83N5O18. The number of primary amides is 1. The molecule has 0 bridgehead atoms. The van der Waals surface area contributed by atoms with Crippen molar-refractivity contribution in [2.75, 3.05) is 26.3 Å². The molecule has 4 amide bonds. The summed E-state index contributed by atoms with van der Waals surface area (Å²) in [6.45, 7) is 7.30. The molecule has 4 fully saturated rings. The van der Waals surface area contributed by atoms with Crippen molar-refractivity contribution in [1.82, 2.24) is 16.0 Å². The summed E-state index contributed by atoms with van der Waals surface area (Å²) >= 11 is 0. The van der Waals surface area contributed by atoms with E-state index in [1.807, 2.05) is 19.9 Å². The van der Waals surface area contributed by atoms with E-state index in [-0.39, 0.29) is 87.4 Å². The molecule has 1 aromatic carbocycles. The van der Waals surface area contributed by atoms with Crippen molar-refractivity contribution in [3.63, 3.8) is 0 Å². The number of carbonyl (C=O) groups is 8. The number of urea groups is 1. The standard InChI is InChI=1S/C57H83N5O18/c1-6-8-48-79-46-24-37-35-15-14-33-22-34(64)18-19-55(33,4)49(35)42(67)25-56(37,5)57(46,80-48)45(70)29-78-54(76)77-28-32-12-10-31(11-13-32)21-41(66)39(9-7-20-60-53(59)75)62-52(74)36(30(2)3)23-40(65)38(58)16-17-47(71)61-26-43(68)50(72)51(73)44(69)27-63/h10-13,18-19,22,30,35-39,42-44,46,48-51,63,67-69,72-73H,6-9,14-17,20-21,23-29,58H2,1-5H3,(H,61,71)(H,62,74)(H3,59,60,75)/t35-,36-,37-,38+,39-,42-,43-,44+,46+,48?,49+,50+,51+,55-,56-,57+/m0/s1. The first-order chi connectivity index (χ1) is 37.8. The highest BCUT2D eigenvalue weighted by Crippen LogP contribution is 2.69. The second-order valence-corrected chi connectivity index (χ2v) is 23.1. The van der Waals surface area contributed by atoms with Crippen LogP contribution in [-0.4, -0.2) is 165 Å². The molecule has 444 valence electrons. The van der Waals surface area contributed by atoms with Crippen LogP contribution >= 0.6 is 0 Å². The topological polar surface area (TPSA) is 383 Å². The van der Waals surface area contributed by atoms with E-state index in [9.17, 15) is 63.9 Å².